The van der Waals surface area contributed by atoms with E-state index in [0.29, 0.717) is 12.1 Å². The fraction of sp³-hybridized carbons (Fsp3) is 0.250. The lowest BCUT2D eigenvalue weighted by Crippen LogP contribution is -2.44. The third kappa shape index (κ3) is 1.55. The van der Waals surface area contributed by atoms with Crippen LogP contribution in [0.5, 0.6) is 0 Å². The SMILES string of the molecule is O=C1C[C@H]2c3ccccc3[C@@H]1[C@@H]1C(=O)N(c3ccccc3)C(=O)[C@@H]12. The van der Waals surface area contributed by atoms with Crippen molar-refractivity contribution in [3.63, 3.8) is 0 Å². The minimum atomic E-state index is -0.543. The average Bonchev–Trinajstić information content (AvgIpc) is 2.88. The quantitative estimate of drug-likeness (QED) is 0.760. The van der Waals surface area contributed by atoms with E-state index in [0.717, 1.165) is 11.1 Å². The van der Waals surface area contributed by atoms with Gasteiger partial charge < -0.3 is 0 Å². The summed E-state index contributed by atoms with van der Waals surface area (Å²) in [5.74, 6) is -1.89. The van der Waals surface area contributed by atoms with E-state index in [9.17, 15) is 14.4 Å². The standard InChI is InChI=1S/C20H15NO3/c22-15-10-14-12-8-4-5-9-13(12)16(15)18-17(14)19(23)21(20(18)24)11-6-2-1-3-7-11/h1-9,14,16-18H,10H2/t14-,16-,17+,18-/m0/s1. The molecule has 2 aromatic carbocycles. The molecule has 4 atom stereocenters. The van der Waals surface area contributed by atoms with Crippen molar-refractivity contribution >= 4 is 23.3 Å². The lowest BCUT2D eigenvalue weighted by molar-refractivity contribution is -0.134. The molecule has 4 heteroatoms. The maximum absolute atomic E-state index is 13.1. The number of amides is 2. The summed E-state index contributed by atoms with van der Waals surface area (Å²) >= 11 is 0. The van der Waals surface area contributed by atoms with E-state index >= 15 is 0 Å². The summed E-state index contributed by atoms with van der Waals surface area (Å²) in [4.78, 5) is 40.0. The molecule has 2 fully saturated rings. The van der Waals surface area contributed by atoms with Gasteiger partial charge in [0.1, 0.15) is 5.78 Å². The molecule has 0 unspecified atom stereocenters. The van der Waals surface area contributed by atoms with Crippen molar-refractivity contribution in [2.75, 3.05) is 4.90 Å². The molecule has 2 bridgehead atoms. The second kappa shape index (κ2) is 4.63. The van der Waals surface area contributed by atoms with Crippen molar-refractivity contribution in [1.29, 1.82) is 0 Å². The monoisotopic (exact) mass is 317 g/mol. The molecule has 1 aliphatic heterocycles. The van der Waals surface area contributed by atoms with Gasteiger partial charge in [-0.25, -0.2) is 0 Å². The number of ketones is 1. The number of hydrogen-bond donors (Lipinski definition) is 0. The highest BCUT2D eigenvalue weighted by atomic mass is 16.2. The number of nitrogens with zero attached hydrogens (tertiary/aromatic N) is 1. The number of para-hydroxylation sites is 1. The Labute approximate surface area is 139 Å². The third-order valence-electron chi connectivity index (χ3n) is 5.70. The van der Waals surface area contributed by atoms with E-state index in [1.54, 1.807) is 12.1 Å². The van der Waals surface area contributed by atoms with Gasteiger partial charge in [-0.2, -0.15) is 0 Å². The number of anilines is 1. The molecule has 118 valence electrons. The van der Waals surface area contributed by atoms with Gasteiger partial charge in [-0.1, -0.05) is 42.5 Å². The second-order valence-corrected chi connectivity index (χ2v) is 6.78. The Morgan fingerprint density at radius 1 is 0.750 bits per heavy atom. The summed E-state index contributed by atoms with van der Waals surface area (Å²) in [5, 5.41) is 0. The fourth-order valence-electron chi connectivity index (χ4n) is 4.79. The Balaban J connectivity index is 1.68. The lowest BCUT2D eigenvalue weighted by atomic mass is 9.56. The molecule has 2 amide bonds. The molecule has 6 rings (SSSR count). The predicted octanol–water partition coefficient (Wildman–Crippen LogP) is 2.65. The molecule has 0 aromatic heterocycles. The second-order valence-electron chi connectivity index (χ2n) is 6.78. The van der Waals surface area contributed by atoms with Crippen molar-refractivity contribution < 1.29 is 14.4 Å². The summed E-state index contributed by atoms with van der Waals surface area (Å²) in [6.07, 6.45) is 0.366. The summed E-state index contributed by atoms with van der Waals surface area (Å²) in [5.41, 5.74) is 2.60. The first-order chi connectivity index (χ1) is 11.7. The highest BCUT2D eigenvalue weighted by molar-refractivity contribution is 6.24. The highest BCUT2D eigenvalue weighted by Crippen LogP contribution is 2.57. The molecular weight excluding hydrogens is 302 g/mol. The van der Waals surface area contributed by atoms with Crippen molar-refractivity contribution in [3.8, 4) is 0 Å². The Kier molecular flexibility index (Phi) is 2.64. The first-order valence-electron chi connectivity index (χ1n) is 8.23. The number of carbonyl (C=O) groups is 3. The lowest BCUT2D eigenvalue weighted by Gasteiger charge is -2.43. The Morgan fingerprint density at radius 3 is 2.12 bits per heavy atom. The van der Waals surface area contributed by atoms with Gasteiger partial charge in [-0.3, -0.25) is 19.3 Å². The van der Waals surface area contributed by atoms with Gasteiger partial charge >= 0.3 is 0 Å². The van der Waals surface area contributed by atoms with Crippen LogP contribution in [0.25, 0.3) is 0 Å². The molecule has 1 heterocycles. The molecule has 1 saturated carbocycles. The number of carbonyl (C=O) groups excluding carboxylic acids is 3. The first kappa shape index (κ1) is 13.7. The van der Waals surface area contributed by atoms with Crippen molar-refractivity contribution in [2.24, 2.45) is 11.8 Å². The summed E-state index contributed by atoms with van der Waals surface area (Å²) in [6.45, 7) is 0. The van der Waals surface area contributed by atoms with Crippen molar-refractivity contribution in [3.05, 3.63) is 65.7 Å². The van der Waals surface area contributed by atoms with E-state index in [1.807, 2.05) is 42.5 Å². The third-order valence-corrected chi connectivity index (χ3v) is 5.70. The van der Waals surface area contributed by atoms with Crippen LogP contribution in [0.2, 0.25) is 0 Å². The van der Waals surface area contributed by atoms with Crippen LogP contribution in [0, 0.1) is 11.8 Å². The van der Waals surface area contributed by atoms with E-state index in [1.165, 1.54) is 4.90 Å². The summed E-state index contributed by atoms with van der Waals surface area (Å²) in [6, 6.07) is 16.8. The molecule has 0 radical (unpaired) electrons. The van der Waals surface area contributed by atoms with Gasteiger partial charge in [-0.05, 0) is 23.3 Å². The van der Waals surface area contributed by atoms with Gasteiger partial charge in [0.05, 0.1) is 23.4 Å². The van der Waals surface area contributed by atoms with Crippen LogP contribution in [0.4, 0.5) is 5.69 Å². The minimum absolute atomic E-state index is 0.0935. The smallest absolute Gasteiger partial charge is 0.238 e. The van der Waals surface area contributed by atoms with Gasteiger partial charge in [0, 0.05) is 12.3 Å². The molecule has 1 saturated heterocycles. The summed E-state index contributed by atoms with van der Waals surface area (Å²) < 4.78 is 0. The van der Waals surface area contributed by atoms with E-state index in [-0.39, 0.29) is 23.5 Å². The Morgan fingerprint density at radius 2 is 1.38 bits per heavy atom. The van der Waals surface area contributed by atoms with Crippen molar-refractivity contribution in [1.82, 2.24) is 0 Å². The summed E-state index contributed by atoms with van der Waals surface area (Å²) in [7, 11) is 0. The van der Waals surface area contributed by atoms with E-state index in [4.69, 9.17) is 0 Å². The maximum atomic E-state index is 13.1. The van der Waals surface area contributed by atoms with E-state index < -0.39 is 17.8 Å². The predicted molar refractivity (Wildman–Crippen MR) is 87.5 cm³/mol. The number of fused-ring (bicyclic) bond motifs is 1. The molecule has 3 aliphatic carbocycles. The number of rotatable bonds is 1. The molecule has 4 aliphatic rings. The molecular formula is C20H15NO3. The van der Waals surface area contributed by atoms with Gasteiger partial charge in [-0.15, -0.1) is 0 Å². The van der Waals surface area contributed by atoms with Crippen LogP contribution in [-0.2, 0) is 14.4 Å². The Bertz CT molecular complexity index is 889. The van der Waals surface area contributed by atoms with E-state index in [2.05, 4.69) is 0 Å². The zero-order chi connectivity index (χ0) is 16.4. The Hall–Kier alpha value is -2.75. The molecule has 0 spiro atoms. The van der Waals surface area contributed by atoms with Crippen LogP contribution in [0.3, 0.4) is 0 Å². The first-order valence-corrected chi connectivity index (χ1v) is 8.23. The molecule has 0 N–H and O–H groups in total. The van der Waals surface area contributed by atoms with Crippen LogP contribution >= 0.6 is 0 Å². The molecule has 2 aromatic rings. The van der Waals surface area contributed by atoms with Gasteiger partial charge in [0.25, 0.3) is 0 Å². The highest BCUT2D eigenvalue weighted by Gasteiger charge is 2.62. The van der Waals surface area contributed by atoms with Gasteiger partial charge in [0.15, 0.2) is 0 Å². The van der Waals surface area contributed by atoms with Crippen LogP contribution in [-0.4, -0.2) is 17.6 Å². The van der Waals surface area contributed by atoms with Crippen molar-refractivity contribution in [2.45, 2.75) is 18.3 Å². The molecule has 24 heavy (non-hydrogen) atoms. The zero-order valence-corrected chi connectivity index (χ0v) is 12.9. The number of Topliss-reactive ketones (excluding diaryl/α,β-unsaturated/α-hetero) is 1. The maximum Gasteiger partial charge on any atom is 0.238 e. The minimum Gasteiger partial charge on any atom is -0.299 e. The van der Waals surface area contributed by atoms with Crippen LogP contribution in [0.1, 0.15) is 29.4 Å². The van der Waals surface area contributed by atoms with Crippen LogP contribution < -0.4 is 4.90 Å². The number of hydrogen-bond acceptors (Lipinski definition) is 3. The van der Waals surface area contributed by atoms with Gasteiger partial charge in [0.2, 0.25) is 11.8 Å². The largest absolute Gasteiger partial charge is 0.299 e. The molecule has 4 nitrogen and oxygen atoms in total. The fourth-order valence-corrected chi connectivity index (χ4v) is 4.79. The normalized spacial score (nSPS) is 30.5. The zero-order valence-electron chi connectivity index (χ0n) is 12.9. The number of benzene rings is 2. The average molecular weight is 317 g/mol. The van der Waals surface area contributed by atoms with Crippen LogP contribution in [0.15, 0.2) is 54.6 Å². The number of imide groups is 1. The topological polar surface area (TPSA) is 54.5 Å².